The third kappa shape index (κ3) is 3.75. The molecular weight excluding hydrogens is 316 g/mol. The van der Waals surface area contributed by atoms with E-state index in [1.165, 1.54) is 30.3 Å². The van der Waals surface area contributed by atoms with Crippen LogP contribution in [0.2, 0.25) is 0 Å². The van der Waals surface area contributed by atoms with Crippen molar-refractivity contribution >= 4 is 16.9 Å². The largest absolute Gasteiger partial charge is 0.388 e. The highest BCUT2D eigenvalue weighted by atomic mass is 19.1. The summed E-state index contributed by atoms with van der Waals surface area (Å²) < 4.78 is 26.2. The topological polar surface area (TPSA) is 78.0 Å². The van der Waals surface area contributed by atoms with Gasteiger partial charge in [-0.1, -0.05) is 12.1 Å². The van der Waals surface area contributed by atoms with E-state index >= 15 is 0 Å². The Morgan fingerprint density at radius 2 is 2.00 bits per heavy atom. The Kier molecular flexibility index (Phi) is 4.52. The summed E-state index contributed by atoms with van der Waals surface area (Å²) in [4.78, 5) is 19.0. The number of hydrogen-bond acceptors (Lipinski definition) is 3. The van der Waals surface area contributed by atoms with Gasteiger partial charge in [0.05, 0.1) is 30.1 Å². The summed E-state index contributed by atoms with van der Waals surface area (Å²) >= 11 is 0. The molecule has 0 aliphatic heterocycles. The van der Waals surface area contributed by atoms with E-state index < -0.39 is 17.8 Å². The van der Waals surface area contributed by atoms with E-state index in [2.05, 4.69) is 15.3 Å². The first kappa shape index (κ1) is 16.1. The van der Waals surface area contributed by atoms with Crippen molar-refractivity contribution in [3.63, 3.8) is 0 Å². The molecular formula is C17H15F2N3O2. The van der Waals surface area contributed by atoms with E-state index in [0.29, 0.717) is 22.4 Å². The molecule has 2 aromatic carbocycles. The van der Waals surface area contributed by atoms with Crippen LogP contribution >= 0.6 is 0 Å². The first-order chi connectivity index (χ1) is 11.5. The van der Waals surface area contributed by atoms with Gasteiger partial charge in [0.15, 0.2) is 0 Å². The standard InChI is InChI=1S/C17H15F2N3O2/c18-11-3-1-2-10(6-11)15(23)8-17(24)20-9-16-21-13-5-4-12(19)7-14(13)22-16/h1-7,15,23H,8-9H2,(H,20,24)(H,21,22). The third-order valence-electron chi connectivity index (χ3n) is 3.56. The minimum atomic E-state index is -1.09. The van der Waals surface area contributed by atoms with E-state index in [9.17, 15) is 18.7 Å². The highest BCUT2D eigenvalue weighted by Gasteiger charge is 2.14. The number of rotatable bonds is 5. The van der Waals surface area contributed by atoms with Gasteiger partial charge < -0.3 is 15.4 Å². The number of aromatic amines is 1. The molecule has 24 heavy (non-hydrogen) atoms. The first-order valence-corrected chi connectivity index (χ1v) is 7.35. The molecule has 7 heteroatoms. The molecule has 0 bridgehead atoms. The van der Waals surface area contributed by atoms with Crippen molar-refractivity contribution in [2.24, 2.45) is 0 Å². The number of H-pyrrole nitrogens is 1. The third-order valence-corrected chi connectivity index (χ3v) is 3.56. The van der Waals surface area contributed by atoms with Crippen LogP contribution in [0, 0.1) is 11.6 Å². The van der Waals surface area contributed by atoms with E-state index in [0.717, 1.165) is 0 Å². The number of hydrogen-bond donors (Lipinski definition) is 3. The molecule has 5 nitrogen and oxygen atoms in total. The van der Waals surface area contributed by atoms with Crippen molar-refractivity contribution in [1.29, 1.82) is 0 Å². The average Bonchev–Trinajstić information content (AvgIpc) is 2.95. The van der Waals surface area contributed by atoms with E-state index in [-0.39, 0.29) is 18.8 Å². The maximum Gasteiger partial charge on any atom is 0.223 e. The number of carbonyl (C=O) groups excluding carboxylic acids is 1. The van der Waals surface area contributed by atoms with Crippen LogP contribution in [0.25, 0.3) is 11.0 Å². The molecule has 1 aromatic heterocycles. The summed E-state index contributed by atoms with van der Waals surface area (Å²) in [5.41, 5.74) is 1.48. The van der Waals surface area contributed by atoms with Crippen molar-refractivity contribution in [3.05, 3.63) is 65.5 Å². The number of aliphatic hydroxyl groups is 1. The molecule has 0 aliphatic rings. The number of benzene rings is 2. The van der Waals surface area contributed by atoms with Crippen LogP contribution in [-0.2, 0) is 11.3 Å². The number of amides is 1. The molecule has 3 rings (SSSR count). The number of imidazole rings is 1. The van der Waals surface area contributed by atoms with E-state index in [1.54, 1.807) is 12.1 Å². The Balaban J connectivity index is 1.58. The fourth-order valence-corrected chi connectivity index (χ4v) is 2.38. The number of nitrogens with zero attached hydrogens (tertiary/aromatic N) is 1. The molecule has 1 heterocycles. The van der Waals surface area contributed by atoms with Gasteiger partial charge in [-0.3, -0.25) is 4.79 Å². The fourth-order valence-electron chi connectivity index (χ4n) is 2.38. The predicted molar refractivity (Wildman–Crippen MR) is 83.9 cm³/mol. The van der Waals surface area contributed by atoms with Gasteiger partial charge in [-0.2, -0.15) is 0 Å². The lowest BCUT2D eigenvalue weighted by atomic mass is 10.1. The van der Waals surface area contributed by atoms with Gasteiger partial charge in [-0.15, -0.1) is 0 Å². The van der Waals surface area contributed by atoms with Crippen LogP contribution in [-0.4, -0.2) is 21.0 Å². The summed E-state index contributed by atoms with van der Waals surface area (Å²) in [6.45, 7) is 0.116. The average molecular weight is 331 g/mol. The summed E-state index contributed by atoms with van der Waals surface area (Å²) in [6, 6.07) is 9.64. The van der Waals surface area contributed by atoms with Gasteiger partial charge in [0.1, 0.15) is 17.5 Å². The molecule has 0 spiro atoms. The monoisotopic (exact) mass is 331 g/mol. The molecule has 1 unspecified atom stereocenters. The summed E-state index contributed by atoms with van der Waals surface area (Å²) in [6.07, 6.45) is -1.29. The van der Waals surface area contributed by atoms with Crippen molar-refractivity contribution in [2.75, 3.05) is 0 Å². The molecule has 0 fully saturated rings. The van der Waals surface area contributed by atoms with Gasteiger partial charge >= 0.3 is 0 Å². The Morgan fingerprint density at radius 1 is 1.21 bits per heavy atom. The lowest BCUT2D eigenvalue weighted by molar-refractivity contribution is -0.123. The highest BCUT2D eigenvalue weighted by Crippen LogP contribution is 2.17. The first-order valence-electron chi connectivity index (χ1n) is 7.35. The van der Waals surface area contributed by atoms with Gasteiger partial charge in [0, 0.05) is 0 Å². The van der Waals surface area contributed by atoms with Gasteiger partial charge in [-0.25, -0.2) is 13.8 Å². The zero-order valence-corrected chi connectivity index (χ0v) is 12.6. The van der Waals surface area contributed by atoms with Crippen molar-refractivity contribution in [3.8, 4) is 0 Å². The minimum absolute atomic E-state index is 0.116. The lowest BCUT2D eigenvalue weighted by Gasteiger charge is -2.10. The summed E-state index contributed by atoms with van der Waals surface area (Å²) in [7, 11) is 0. The number of aliphatic hydroxyl groups excluding tert-OH is 1. The zero-order valence-electron chi connectivity index (χ0n) is 12.6. The van der Waals surface area contributed by atoms with Crippen LogP contribution in [0.15, 0.2) is 42.5 Å². The fraction of sp³-hybridized carbons (Fsp3) is 0.176. The van der Waals surface area contributed by atoms with E-state index in [1.807, 2.05) is 0 Å². The van der Waals surface area contributed by atoms with Crippen LogP contribution < -0.4 is 5.32 Å². The normalized spacial score (nSPS) is 12.3. The molecule has 0 saturated carbocycles. The summed E-state index contributed by atoms with van der Waals surface area (Å²) in [5.74, 6) is -0.774. The maximum atomic E-state index is 13.1. The molecule has 1 amide bonds. The smallest absolute Gasteiger partial charge is 0.223 e. The Labute approximate surface area is 136 Å². The molecule has 0 saturated heterocycles. The number of nitrogens with one attached hydrogen (secondary N) is 2. The Hall–Kier alpha value is -2.80. The number of carbonyl (C=O) groups is 1. The lowest BCUT2D eigenvalue weighted by Crippen LogP contribution is -2.25. The molecule has 124 valence electrons. The molecule has 3 aromatic rings. The van der Waals surface area contributed by atoms with Crippen LogP contribution in [0.4, 0.5) is 8.78 Å². The van der Waals surface area contributed by atoms with Gasteiger partial charge in [0.25, 0.3) is 0 Å². The maximum absolute atomic E-state index is 13.1. The van der Waals surface area contributed by atoms with Crippen molar-refractivity contribution in [2.45, 2.75) is 19.1 Å². The Bertz CT molecular complexity index is 879. The van der Waals surface area contributed by atoms with Crippen molar-refractivity contribution in [1.82, 2.24) is 15.3 Å². The molecule has 0 aliphatic carbocycles. The second kappa shape index (κ2) is 6.76. The number of halogens is 2. The second-order valence-electron chi connectivity index (χ2n) is 5.40. The van der Waals surface area contributed by atoms with Gasteiger partial charge in [-0.05, 0) is 35.9 Å². The van der Waals surface area contributed by atoms with Gasteiger partial charge in [0.2, 0.25) is 5.91 Å². The van der Waals surface area contributed by atoms with E-state index in [4.69, 9.17) is 0 Å². The number of aromatic nitrogens is 2. The zero-order chi connectivity index (χ0) is 17.1. The van der Waals surface area contributed by atoms with Crippen molar-refractivity contribution < 1.29 is 18.7 Å². The minimum Gasteiger partial charge on any atom is -0.388 e. The quantitative estimate of drug-likeness (QED) is 0.672. The predicted octanol–water partition coefficient (Wildman–Crippen LogP) is 2.58. The van der Waals surface area contributed by atoms with Crippen LogP contribution in [0.5, 0.6) is 0 Å². The SMILES string of the molecule is O=C(CC(O)c1cccc(F)c1)NCc1nc2ccc(F)cc2[nH]1. The molecule has 3 N–H and O–H groups in total. The second-order valence-corrected chi connectivity index (χ2v) is 5.40. The van der Waals surface area contributed by atoms with Crippen LogP contribution in [0.3, 0.4) is 0 Å². The number of fused-ring (bicyclic) bond motifs is 1. The Morgan fingerprint density at radius 3 is 2.79 bits per heavy atom. The van der Waals surface area contributed by atoms with Crippen LogP contribution in [0.1, 0.15) is 23.9 Å². The molecule has 0 radical (unpaired) electrons. The highest BCUT2D eigenvalue weighted by molar-refractivity contribution is 5.77. The summed E-state index contributed by atoms with van der Waals surface area (Å²) in [5, 5.41) is 12.6. The molecule has 1 atom stereocenters.